The van der Waals surface area contributed by atoms with Gasteiger partial charge < -0.3 is 10.4 Å². The molecule has 4 rings (SSSR count). The minimum absolute atomic E-state index is 0.0121. The smallest absolute Gasteiger partial charge is 0.251 e. The third-order valence-electron chi connectivity index (χ3n) is 5.26. The molecule has 2 aliphatic rings. The highest BCUT2D eigenvalue weighted by molar-refractivity contribution is 7.89. The Morgan fingerprint density at radius 2 is 2.12 bits per heavy atom. The van der Waals surface area contributed by atoms with Crippen molar-refractivity contribution in [3.8, 4) is 0 Å². The van der Waals surface area contributed by atoms with Gasteiger partial charge in [-0.25, -0.2) is 8.42 Å². The lowest BCUT2D eigenvalue weighted by Gasteiger charge is -2.20. The van der Waals surface area contributed by atoms with Crippen molar-refractivity contribution < 1.29 is 18.3 Å². The van der Waals surface area contributed by atoms with E-state index in [1.54, 1.807) is 23.5 Å². The molecule has 0 spiro atoms. The summed E-state index contributed by atoms with van der Waals surface area (Å²) in [5, 5.41) is 16.4. The molecule has 3 heterocycles. The summed E-state index contributed by atoms with van der Waals surface area (Å²) in [5.41, 5.74) is 2.37. The maximum atomic E-state index is 13.1. The number of nitrogens with one attached hydrogen (secondary N) is 1. The van der Waals surface area contributed by atoms with Crippen molar-refractivity contribution in [3.05, 3.63) is 51.7 Å². The minimum Gasteiger partial charge on any atom is -0.396 e. The maximum absolute atomic E-state index is 13.1. The summed E-state index contributed by atoms with van der Waals surface area (Å²) in [5.74, 6) is -0.364. The van der Waals surface area contributed by atoms with Gasteiger partial charge in [0.1, 0.15) is 0 Å². The number of fused-ring (bicyclic) bond motifs is 1. The molecule has 2 aromatic rings. The van der Waals surface area contributed by atoms with Crippen LogP contribution in [0.2, 0.25) is 0 Å². The van der Waals surface area contributed by atoms with E-state index in [1.807, 2.05) is 16.8 Å². The van der Waals surface area contributed by atoms with E-state index in [4.69, 9.17) is 0 Å². The number of thiophene rings is 1. The van der Waals surface area contributed by atoms with Gasteiger partial charge in [-0.3, -0.25) is 4.79 Å². The molecule has 1 fully saturated rings. The van der Waals surface area contributed by atoms with Gasteiger partial charge in [0.2, 0.25) is 10.0 Å². The second-order valence-electron chi connectivity index (χ2n) is 6.75. The number of nitrogens with zero attached hydrogens (tertiary/aromatic N) is 1. The van der Waals surface area contributed by atoms with E-state index in [0.717, 1.165) is 11.1 Å². The van der Waals surface area contributed by atoms with Crippen LogP contribution in [0, 0.1) is 5.92 Å². The summed E-state index contributed by atoms with van der Waals surface area (Å²) in [7, 11) is -3.72. The van der Waals surface area contributed by atoms with E-state index in [2.05, 4.69) is 5.32 Å². The molecule has 2 N–H and O–H groups in total. The molecule has 1 amide bonds. The first-order valence-electron chi connectivity index (χ1n) is 8.55. The van der Waals surface area contributed by atoms with Crippen LogP contribution in [-0.2, 0) is 16.4 Å². The molecule has 0 radical (unpaired) electrons. The fourth-order valence-corrected chi connectivity index (χ4v) is 6.05. The second-order valence-corrected chi connectivity index (χ2v) is 9.47. The predicted molar refractivity (Wildman–Crippen MR) is 98.9 cm³/mol. The lowest BCUT2D eigenvalue weighted by atomic mass is 9.92. The zero-order valence-electron chi connectivity index (χ0n) is 14.1. The Kier molecular flexibility index (Phi) is 4.60. The van der Waals surface area contributed by atoms with Crippen molar-refractivity contribution in [1.29, 1.82) is 0 Å². The summed E-state index contributed by atoms with van der Waals surface area (Å²) in [6.07, 6.45) is 0.706. The van der Waals surface area contributed by atoms with Gasteiger partial charge in [0.05, 0.1) is 4.90 Å². The number of sulfonamides is 1. The number of carbonyl (C=O) groups excluding carboxylic acids is 1. The van der Waals surface area contributed by atoms with Crippen LogP contribution in [0.1, 0.15) is 27.4 Å². The molecule has 6 nitrogen and oxygen atoms in total. The number of aliphatic hydroxyl groups excluding tert-OH is 1. The number of amides is 1. The van der Waals surface area contributed by atoms with Crippen molar-refractivity contribution in [1.82, 2.24) is 9.62 Å². The number of benzene rings is 1. The fraction of sp³-hybridized carbons (Fsp3) is 0.389. The van der Waals surface area contributed by atoms with Crippen LogP contribution < -0.4 is 5.32 Å². The van der Waals surface area contributed by atoms with Crippen molar-refractivity contribution in [2.45, 2.75) is 17.2 Å². The van der Waals surface area contributed by atoms with Crippen molar-refractivity contribution in [3.63, 3.8) is 0 Å². The van der Waals surface area contributed by atoms with Gasteiger partial charge in [0, 0.05) is 43.6 Å². The Morgan fingerprint density at radius 3 is 2.85 bits per heavy atom. The number of hydrogen-bond acceptors (Lipinski definition) is 5. The number of rotatable bonds is 4. The minimum atomic E-state index is -3.72. The standard InChI is InChI=1S/C18H20N2O4S2/c21-10-14-8-20(9-17(14)13-4-6-25-11-13)26(23,24)15-2-1-12-3-5-19-18(22)16(12)7-15/h1-2,4,6-7,11,14,17,21H,3,5,8-10H2,(H,19,22)/t14-,17-/m0/s1. The van der Waals surface area contributed by atoms with E-state index in [1.165, 1.54) is 10.4 Å². The summed E-state index contributed by atoms with van der Waals surface area (Å²) in [6.45, 7) is 1.14. The molecule has 26 heavy (non-hydrogen) atoms. The first-order valence-corrected chi connectivity index (χ1v) is 10.9. The molecule has 0 saturated carbocycles. The van der Waals surface area contributed by atoms with Gasteiger partial charge in [0.25, 0.3) is 5.91 Å². The Morgan fingerprint density at radius 1 is 1.27 bits per heavy atom. The summed E-state index contributed by atoms with van der Waals surface area (Å²) in [4.78, 5) is 12.2. The molecule has 0 bridgehead atoms. The van der Waals surface area contributed by atoms with E-state index in [9.17, 15) is 18.3 Å². The first kappa shape index (κ1) is 17.7. The number of carbonyl (C=O) groups is 1. The van der Waals surface area contributed by atoms with Gasteiger partial charge in [0.15, 0.2) is 0 Å². The molecular weight excluding hydrogens is 372 g/mol. The lowest BCUT2D eigenvalue weighted by Crippen LogP contribution is -2.33. The topological polar surface area (TPSA) is 86.7 Å². The maximum Gasteiger partial charge on any atom is 0.251 e. The third kappa shape index (κ3) is 2.96. The highest BCUT2D eigenvalue weighted by Gasteiger charge is 2.40. The SMILES string of the molecule is O=C1NCCc2ccc(S(=O)(=O)N3C[C@@H](CO)[C@H](c4ccsc4)C3)cc21. The first-order chi connectivity index (χ1) is 12.5. The Labute approximate surface area is 156 Å². The highest BCUT2D eigenvalue weighted by Crippen LogP contribution is 2.36. The van der Waals surface area contributed by atoms with Gasteiger partial charge in [-0.2, -0.15) is 15.6 Å². The van der Waals surface area contributed by atoms with E-state index in [-0.39, 0.29) is 35.8 Å². The fourth-order valence-electron chi connectivity index (χ4n) is 3.78. The van der Waals surface area contributed by atoms with Crippen LogP contribution in [0.4, 0.5) is 0 Å². The number of aliphatic hydroxyl groups is 1. The molecule has 0 unspecified atom stereocenters. The van der Waals surface area contributed by atoms with Gasteiger partial charge in [-0.05, 0) is 46.5 Å². The van der Waals surface area contributed by atoms with E-state index < -0.39 is 10.0 Å². The molecule has 2 aliphatic heterocycles. The summed E-state index contributed by atoms with van der Waals surface area (Å²) >= 11 is 1.57. The molecule has 1 saturated heterocycles. The van der Waals surface area contributed by atoms with Crippen LogP contribution in [0.25, 0.3) is 0 Å². The van der Waals surface area contributed by atoms with Crippen LogP contribution >= 0.6 is 11.3 Å². The molecular formula is C18H20N2O4S2. The van der Waals surface area contributed by atoms with Crippen molar-refractivity contribution in [2.24, 2.45) is 5.92 Å². The summed E-state index contributed by atoms with van der Waals surface area (Å²) in [6, 6.07) is 6.78. The normalized spacial score (nSPS) is 23.7. The van der Waals surface area contributed by atoms with Gasteiger partial charge in [-0.1, -0.05) is 6.07 Å². The van der Waals surface area contributed by atoms with Crippen LogP contribution in [0.3, 0.4) is 0 Å². The molecule has 2 atom stereocenters. The Bertz CT molecular complexity index is 925. The molecule has 1 aromatic carbocycles. The second kappa shape index (κ2) is 6.77. The average Bonchev–Trinajstić information content (AvgIpc) is 3.31. The lowest BCUT2D eigenvalue weighted by molar-refractivity contribution is 0.0945. The quantitative estimate of drug-likeness (QED) is 0.824. The number of hydrogen-bond donors (Lipinski definition) is 2. The molecule has 1 aromatic heterocycles. The highest BCUT2D eigenvalue weighted by atomic mass is 32.2. The molecule has 0 aliphatic carbocycles. The largest absolute Gasteiger partial charge is 0.396 e. The van der Waals surface area contributed by atoms with Gasteiger partial charge in [-0.15, -0.1) is 0 Å². The van der Waals surface area contributed by atoms with Crippen LogP contribution in [0.15, 0.2) is 39.9 Å². The van der Waals surface area contributed by atoms with Crippen LogP contribution in [-0.4, -0.2) is 50.0 Å². The zero-order chi connectivity index (χ0) is 18.3. The van der Waals surface area contributed by atoms with Crippen molar-refractivity contribution in [2.75, 3.05) is 26.2 Å². The molecule has 8 heteroatoms. The van der Waals surface area contributed by atoms with E-state index in [0.29, 0.717) is 25.1 Å². The van der Waals surface area contributed by atoms with Gasteiger partial charge >= 0.3 is 0 Å². The Balaban J connectivity index is 1.65. The average molecular weight is 393 g/mol. The van der Waals surface area contributed by atoms with E-state index >= 15 is 0 Å². The molecule has 138 valence electrons. The third-order valence-corrected chi connectivity index (χ3v) is 7.79. The predicted octanol–water partition coefficient (Wildman–Crippen LogP) is 1.43. The zero-order valence-corrected chi connectivity index (χ0v) is 15.7. The Hall–Kier alpha value is -1.74. The summed E-state index contributed by atoms with van der Waals surface area (Å²) < 4.78 is 27.7. The monoisotopic (exact) mass is 392 g/mol. The van der Waals surface area contributed by atoms with Crippen LogP contribution in [0.5, 0.6) is 0 Å². The van der Waals surface area contributed by atoms with Crippen molar-refractivity contribution >= 4 is 27.3 Å².